The Hall–Kier alpha value is -3.29. The SMILES string of the molecule is COc1ccc(CNc2ccnc(Nc3cc(C)on3)n2)cc1OC. The summed E-state index contributed by atoms with van der Waals surface area (Å²) in [6, 6.07) is 9.32. The first kappa shape index (κ1) is 16.6. The zero-order valence-corrected chi connectivity index (χ0v) is 14.2. The number of hydrogen-bond donors (Lipinski definition) is 2. The molecule has 0 unspecified atom stereocenters. The van der Waals surface area contributed by atoms with Crippen molar-refractivity contribution in [2.75, 3.05) is 24.9 Å². The third-order valence-electron chi connectivity index (χ3n) is 3.44. The number of anilines is 3. The van der Waals surface area contributed by atoms with Gasteiger partial charge in [0.1, 0.15) is 11.6 Å². The number of aromatic nitrogens is 3. The van der Waals surface area contributed by atoms with Crippen LogP contribution in [0.5, 0.6) is 11.5 Å². The maximum atomic E-state index is 5.31. The molecule has 2 heterocycles. The molecular weight excluding hydrogens is 322 g/mol. The van der Waals surface area contributed by atoms with Crippen molar-refractivity contribution in [3.63, 3.8) is 0 Å². The number of ether oxygens (including phenoxy) is 2. The Bertz CT molecular complexity index is 850. The van der Waals surface area contributed by atoms with Gasteiger partial charge in [-0.05, 0) is 30.7 Å². The van der Waals surface area contributed by atoms with Crippen molar-refractivity contribution in [3.05, 3.63) is 47.9 Å². The van der Waals surface area contributed by atoms with Gasteiger partial charge in [-0.25, -0.2) is 4.98 Å². The van der Waals surface area contributed by atoms with Crippen LogP contribution in [0.1, 0.15) is 11.3 Å². The molecule has 0 saturated heterocycles. The smallest absolute Gasteiger partial charge is 0.230 e. The number of hydrogen-bond acceptors (Lipinski definition) is 8. The Kier molecular flexibility index (Phi) is 4.98. The summed E-state index contributed by atoms with van der Waals surface area (Å²) < 4.78 is 15.6. The molecule has 0 amide bonds. The van der Waals surface area contributed by atoms with Gasteiger partial charge < -0.3 is 24.6 Å². The van der Waals surface area contributed by atoms with E-state index in [9.17, 15) is 0 Å². The van der Waals surface area contributed by atoms with Gasteiger partial charge in [-0.15, -0.1) is 0 Å². The van der Waals surface area contributed by atoms with E-state index in [4.69, 9.17) is 14.0 Å². The molecule has 2 aromatic heterocycles. The summed E-state index contributed by atoms with van der Waals surface area (Å²) in [5.41, 5.74) is 1.04. The number of rotatable bonds is 7. The lowest BCUT2D eigenvalue weighted by atomic mass is 10.2. The van der Waals surface area contributed by atoms with Crippen LogP contribution >= 0.6 is 0 Å². The maximum absolute atomic E-state index is 5.31. The molecule has 8 nitrogen and oxygen atoms in total. The average Bonchev–Trinajstić information content (AvgIpc) is 3.04. The van der Waals surface area contributed by atoms with Crippen molar-refractivity contribution >= 4 is 17.6 Å². The van der Waals surface area contributed by atoms with Gasteiger partial charge in [0, 0.05) is 18.8 Å². The largest absolute Gasteiger partial charge is 0.493 e. The molecule has 0 radical (unpaired) electrons. The van der Waals surface area contributed by atoms with Gasteiger partial charge in [0.25, 0.3) is 0 Å². The molecule has 130 valence electrons. The van der Waals surface area contributed by atoms with E-state index in [1.54, 1.807) is 32.5 Å². The lowest BCUT2D eigenvalue weighted by Gasteiger charge is -2.11. The second-order valence-corrected chi connectivity index (χ2v) is 5.26. The second kappa shape index (κ2) is 7.52. The fraction of sp³-hybridized carbons (Fsp3) is 0.235. The summed E-state index contributed by atoms with van der Waals surface area (Å²) in [7, 11) is 3.23. The zero-order valence-electron chi connectivity index (χ0n) is 14.2. The standard InChI is InChI=1S/C17H19N5O3/c1-11-8-16(22-25-11)21-17-18-7-6-15(20-17)19-10-12-4-5-13(23-2)14(9-12)24-3/h4-9H,10H2,1-3H3,(H2,18,19,20,21,22). The molecule has 0 aliphatic rings. The normalized spacial score (nSPS) is 10.4. The van der Waals surface area contributed by atoms with Crippen molar-refractivity contribution in [1.29, 1.82) is 0 Å². The fourth-order valence-electron chi connectivity index (χ4n) is 2.24. The van der Waals surface area contributed by atoms with E-state index in [-0.39, 0.29) is 0 Å². The van der Waals surface area contributed by atoms with Crippen LogP contribution in [0.3, 0.4) is 0 Å². The van der Waals surface area contributed by atoms with Crippen LogP contribution in [0.4, 0.5) is 17.6 Å². The molecule has 0 fully saturated rings. The minimum Gasteiger partial charge on any atom is -0.493 e. The molecule has 0 aliphatic carbocycles. The number of benzene rings is 1. The highest BCUT2D eigenvalue weighted by molar-refractivity contribution is 5.50. The summed E-state index contributed by atoms with van der Waals surface area (Å²) in [5.74, 6) is 3.79. The number of nitrogens with zero attached hydrogens (tertiary/aromatic N) is 3. The Morgan fingerprint density at radius 1 is 1.04 bits per heavy atom. The van der Waals surface area contributed by atoms with Gasteiger partial charge >= 0.3 is 0 Å². The number of methoxy groups -OCH3 is 2. The van der Waals surface area contributed by atoms with Crippen LogP contribution in [0.2, 0.25) is 0 Å². The summed E-state index contributed by atoms with van der Waals surface area (Å²) in [6.45, 7) is 2.40. The lowest BCUT2D eigenvalue weighted by molar-refractivity contribution is 0.354. The monoisotopic (exact) mass is 341 g/mol. The minimum absolute atomic E-state index is 0.436. The first-order valence-corrected chi connectivity index (χ1v) is 7.66. The third-order valence-corrected chi connectivity index (χ3v) is 3.44. The quantitative estimate of drug-likeness (QED) is 0.677. The van der Waals surface area contributed by atoms with Crippen molar-refractivity contribution < 1.29 is 14.0 Å². The van der Waals surface area contributed by atoms with Gasteiger partial charge in [-0.2, -0.15) is 4.98 Å². The molecule has 2 N–H and O–H groups in total. The highest BCUT2D eigenvalue weighted by Gasteiger charge is 2.06. The Morgan fingerprint density at radius 2 is 1.88 bits per heavy atom. The molecule has 0 aliphatic heterocycles. The van der Waals surface area contributed by atoms with E-state index in [0.29, 0.717) is 41.4 Å². The lowest BCUT2D eigenvalue weighted by Crippen LogP contribution is -2.04. The summed E-state index contributed by atoms with van der Waals surface area (Å²) >= 11 is 0. The van der Waals surface area contributed by atoms with Crippen LogP contribution in [0.25, 0.3) is 0 Å². The first-order valence-electron chi connectivity index (χ1n) is 7.66. The van der Waals surface area contributed by atoms with Crippen LogP contribution < -0.4 is 20.1 Å². The first-order chi connectivity index (χ1) is 12.2. The van der Waals surface area contributed by atoms with Crippen molar-refractivity contribution in [3.8, 4) is 11.5 Å². The minimum atomic E-state index is 0.436. The second-order valence-electron chi connectivity index (χ2n) is 5.26. The highest BCUT2D eigenvalue weighted by atomic mass is 16.5. The van der Waals surface area contributed by atoms with Crippen molar-refractivity contribution in [2.45, 2.75) is 13.5 Å². The van der Waals surface area contributed by atoms with E-state index in [1.807, 2.05) is 25.1 Å². The molecule has 3 aromatic rings. The van der Waals surface area contributed by atoms with Crippen LogP contribution in [-0.4, -0.2) is 29.3 Å². The van der Waals surface area contributed by atoms with E-state index in [1.165, 1.54) is 0 Å². The highest BCUT2D eigenvalue weighted by Crippen LogP contribution is 2.27. The maximum Gasteiger partial charge on any atom is 0.230 e. The Labute approximate surface area is 145 Å². The van der Waals surface area contributed by atoms with Crippen LogP contribution in [0, 0.1) is 6.92 Å². The van der Waals surface area contributed by atoms with Gasteiger partial charge in [-0.1, -0.05) is 11.2 Å². The predicted octanol–water partition coefficient (Wildman–Crippen LogP) is 3.15. The molecular formula is C17H19N5O3. The van der Waals surface area contributed by atoms with Gasteiger partial charge in [-0.3, -0.25) is 0 Å². The Balaban J connectivity index is 1.66. The van der Waals surface area contributed by atoms with Crippen molar-refractivity contribution in [1.82, 2.24) is 15.1 Å². The van der Waals surface area contributed by atoms with Crippen LogP contribution in [0.15, 0.2) is 41.1 Å². The predicted molar refractivity (Wildman–Crippen MR) is 93.4 cm³/mol. The fourth-order valence-corrected chi connectivity index (χ4v) is 2.24. The third kappa shape index (κ3) is 4.17. The molecule has 0 atom stereocenters. The van der Waals surface area contributed by atoms with E-state index < -0.39 is 0 Å². The average molecular weight is 341 g/mol. The zero-order chi connectivity index (χ0) is 17.6. The van der Waals surface area contributed by atoms with Crippen molar-refractivity contribution in [2.24, 2.45) is 0 Å². The molecule has 0 saturated carbocycles. The van der Waals surface area contributed by atoms with Gasteiger partial charge in [0.15, 0.2) is 17.3 Å². The van der Waals surface area contributed by atoms with Gasteiger partial charge in [0.2, 0.25) is 5.95 Å². The van der Waals surface area contributed by atoms with Crippen LogP contribution in [-0.2, 0) is 6.54 Å². The molecule has 0 spiro atoms. The molecule has 25 heavy (non-hydrogen) atoms. The number of aryl methyl sites for hydroxylation is 1. The molecule has 0 bridgehead atoms. The van der Waals surface area contributed by atoms with E-state index >= 15 is 0 Å². The summed E-state index contributed by atoms with van der Waals surface area (Å²) in [5, 5.41) is 10.1. The molecule has 8 heteroatoms. The summed E-state index contributed by atoms with van der Waals surface area (Å²) in [4.78, 5) is 8.57. The topological polar surface area (TPSA) is 94.3 Å². The van der Waals surface area contributed by atoms with Gasteiger partial charge in [0.05, 0.1) is 14.2 Å². The molecule has 1 aromatic carbocycles. The van der Waals surface area contributed by atoms with E-state index in [0.717, 1.165) is 5.56 Å². The molecule has 3 rings (SSSR count). The number of nitrogens with one attached hydrogen (secondary N) is 2. The summed E-state index contributed by atoms with van der Waals surface area (Å²) in [6.07, 6.45) is 1.67. The Morgan fingerprint density at radius 3 is 2.60 bits per heavy atom. The van der Waals surface area contributed by atoms with E-state index in [2.05, 4.69) is 25.8 Å².